The van der Waals surface area contributed by atoms with Crippen LogP contribution in [0.15, 0.2) is 24.3 Å². The molecule has 0 saturated carbocycles. The molecule has 0 aliphatic carbocycles. The summed E-state index contributed by atoms with van der Waals surface area (Å²) in [5, 5.41) is 11.8. The summed E-state index contributed by atoms with van der Waals surface area (Å²) in [5.74, 6) is -1.25. The molecule has 130 valence electrons. The molecule has 1 saturated heterocycles. The first-order chi connectivity index (χ1) is 11.6. The highest BCUT2D eigenvalue weighted by Gasteiger charge is 2.16. The van der Waals surface area contributed by atoms with Gasteiger partial charge in [-0.05, 0) is 24.5 Å². The molecule has 1 aliphatic rings. The van der Waals surface area contributed by atoms with Gasteiger partial charge in [0.15, 0.2) is 0 Å². The molecule has 1 aromatic rings. The van der Waals surface area contributed by atoms with Crippen LogP contribution < -0.4 is 5.32 Å². The van der Waals surface area contributed by atoms with E-state index in [-0.39, 0.29) is 36.8 Å². The summed E-state index contributed by atoms with van der Waals surface area (Å²) in [6.07, 6.45) is 4.72. The Morgan fingerprint density at radius 2 is 1.71 bits per heavy atom. The predicted octanol–water partition coefficient (Wildman–Crippen LogP) is 1.84. The zero-order chi connectivity index (χ0) is 17.4. The van der Waals surface area contributed by atoms with Gasteiger partial charge in [-0.1, -0.05) is 31.0 Å². The molecule has 24 heavy (non-hydrogen) atoms. The second-order valence-corrected chi connectivity index (χ2v) is 6.03. The molecule has 1 aliphatic heterocycles. The fourth-order valence-corrected chi connectivity index (χ4v) is 2.91. The molecule has 0 spiro atoms. The van der Waals surface area contributed by atoms with Crippen molar-refractivity contribution in [3.8, 4) is 0 Å². The van der Waals surface area contributed by atoms with Crippen molar-refractivity contribution < 1.29 is 19.5 Å². The monoisotopic (exact) mass is 332 g/mol. The van der Waals surface area contributed by atoms with Crippen molar-refractivity contribution in [3.05, 3.63) is 35.4 Å². The molecule has 0 atom stereocenters. The van der Waals surface area contributed by atoms with Crippen LogP contribution in [0.1, 0.15) is 48.0 Å². The highest BCUT2D eigenvalue weighted by molar-refractivity contribution is 5.91. The number of aromatic carboxylic acids is 1. The molecule has 2 rings (SSSR count). The highest BCUT2D eigenvalue weighted by atomic mass is 16.4. The van der Waals surface area contributed by atoms with Crippen LogP contribution in [-0.2, 0) is 16.0 Å². The van der Waals surface area contributed by atoms with Crippen molar-refractivity contribution in [2.75, 3.05) is 19.6 Å². The number of carboxylic acid groups (broad SMARTS) is 1. The van der Waals surface area contributed by atoms with E-state index in [0.717, 1.165) is 25.9 Å². The first-order valence-corrected chi connectivity index (χ1v) is 8.43. The third-order valence-corrected chi connectivity index (χ3v) is 4.22. The van der Waals surface area contributed by atoms with E-state index < -0.39 is 5.97 Å². The maximum atomic E-state index is 12.1. The van der Waals surface area contributed by atoms with Crippen LogP contribution in [0.4, 0.5) is 0 Å². The number of carbonyl (C=O) groups excluding carboxylic acids is 2. The minimum atomic E-state index is -1.05. The zero-order valence-corrected chi connectivity index (χ0v) is 13.8. The number of hydrogen-bond acceptors (Lipinski definition) is 3. The van der Waals surface area contributed by atoms with E-state index in [0.29, 0.717) is 5.56 Å². The number of nitrogens with zero attached hydrogens (tertiary/aromatic N) is 1. The van der Waals surface area contributed by atoms with Gasteiger partial charge >= 0.3 is 5.97 Å². The Kier molecular flexibility index (Phi) is 6.78. The van der Waals surface area contributed by atoms with Gasteiger partial charge in [-0.2, -0.15) is 0 Å². The van der Waals surface area contributed by atoms with Gasteiger partial charge in [-0.25, -0.2) is 4.79 Å². The van der Waals surface area contributed by atoms with Crippen molar-refractivity contribution in [1.82, 2.24) is 10.2 Å². The number of hydrogen-bond donors (Lipinski definition) is 2. The molecule has 0 unspecified atom stereocenters. The zero-order valence-electron chi connectivity index (χ0n) is 13.8. The lowest BCUT2D eigenvalue weighted by Crippen LogP contribution is -2.35. The first-order valence-electron chi connectivity index (χ1n) is 8.43. The molecule has 2 amide bonds. The van der Waals surface area contributed by atoms with Crippen molar-refractivity contribution in [3.63, 3.8) is 0 Å². The SMILES string of the molecule is O=C(Cc1ccccc1C(=O)O)NCCC(=O)N1CCCCCC1. The molecule has 1 heterocycles. The number of rotatable bonds is 6. The summed E-state index contributed by atoms with van der Waals surface area (Å²) in [5.41, 5.74) is 0.606. The van der Waals surface area contributed by atoms with E-state index in [1.165, 1.54) is 18.9 Å². The Hall–Kier alpha value is -2.37. The van der Waals surface area contributed by atoms with Gasteiger partial charge in [-0.3, -0.25) is 9.59 Å². The molecule has 2 N–H and O–H groups in total. The standard InChI is InChI=1S/C18H24N2O4/c21-16(13-14-7-3-4-8-15(14)18(23)24)19-10-9-17(22)20-11-5-1-2-6-12-20/h3-4,7-8H,1-2,5-6,9-13H2,(H,19,21)(H,23,24). The average Bonchev–Trinajstić information content (AvgIpc) is 2.84. The number of likely N-dealkylation sites (tertiary alicyclic amines) is 1. The second kappa shape index (κ2) is 9.05. The van der Waals surface area contributed by atoms with Crippen LogP contribution in [0.5, 0.6) is 0 Å². The predicted molar refractivity (Wildman–Crippen MR) is 89.8 cm³/mol. The smallest absolute Gasteiger partial charge is 0.335 e. The maximum Gasteiger partial charge on any atom is 0.335 e. The summed E-state index contributed by atoms with van der Waals surface area (Å²) >= 11 is 0. The first kappa shape index (κ1) is 18.0. The molecule has 6 heteroatoms. The normalized spacial score (nSPS) is 14.8. The Morgan fingerprint density at radius 1 is 1.04 bits per heavy atom. The summed E-state index contributed by atoms with van der Waals surface area (Å²) in [4.78, 5) is 37.1. The maximum absolute atomic E-state index is 12.1. The Morgan fingerprint density at radius 3 is 2.38 bits per heavy atom. The minimum absolute atomic E-state index is 0.000375. The fourth-order valence-electron chi connectivity index (χ4n) is 2.91. The van der Waals surface area contributed by atoms with E-state index in [1.807, 2.05) is 4.90 Å². The average molecular weight is 332 g/mol. The van der Waals surface area contributed by atoms with Gasteiger partial charge < -0.3 is 15.3 Å². The lowest BCUT2D eigenvalue weighted by atomic mass is 10.0. The van der Waals surface area contributed by atoms with Crippen LogP contribution >= 0.6 is 0 Å². The van der Waals surface area contributed by atoms with Crippen LogP contribution in [0.25, 0.3) is 0 Å². The molecule has 1 aromatic carbocycles. The largest absolute Gasteiger partial charge is 0.478 e. The topological polar surface area (TPSA) is 86.7 Å². The van der Waals surface area contributed by atoms with Crippen LogP contribution in [-0.4, -0.2) is 47.4 Å². The molecule has 0 bridgehead atoms. The van der Waals surface area contributed by atoms with Crippen LogP contribution in [0.3, 0.4) is 0 Å². The van der Waals surface area contributed by atoms with Gasteiger partial charge in [0, 0.05) is 26.1 Å². The van der Waals surface area contributed by atoms with Crippen LogP contribution in [0, 0.1) is 0 Å². The molecular formula is C18H24N2O4. The van der Waals surface area contributed by atoms with E-state index >= 15 is 0 Å². The summed E-state index contributed by atoms with van der Waals surface area (Å²) in [7, 11) is 0. The van der Waals surface area contributed by atoms with Gasteiger partial charge in [0.05, 0.1) is 12.0 Å². The van der Waals surface area contributed by atoms with Crippen molar-refractivity contribution in [2.45, 2.75) is 38.5 Å². The number of carbonyl (C=O) groups is 3. The molecule has 1 fully saturated rings. The van der Waals surface area contributed by atoms with Gasteiger partial charge in [0.1, 0.15) is 0 Å². The quantitative estimate of drug-likeness (QED) is 0.832. The summed E-state index contributed by atoms with van der Waals surface area (Å²) < 4.78 is 0. The number of amides is 2. The van der Waals surface area contributed by atoms with Crippen molar-refractivity contribution in [1.29, 1.82) is 0 Å². The fraction of sp³-hybridized carbons (Fsp3) is 0.500. The highest BCUT2D eigenvalue weighted by Crippen LogP contribution is 2.11. The van der Waals surface area contributed by atoms with Gasteiger partial charge in [0.2, 0.25) is 11.8 Å². The Balaban J connectivity index is 1.77. The van der Waals surface area contributed by atoms with E-state index in [1.54, 1.807) is 18.2 Å². The Labute approximate surface area is 141 Å². The second-order valence-electron chi connectivity index (χ2n) is 6.03. The third kappa shape index (κ3) is 5.37. The molecule has 6 nitrogen and oxygen atoms in total. The molecule has 0 radical (unpaired) electrons. The summed E-state index contributed by atoms with van der Waals surface area (Å²) in [6.45, 7) is 1.89. The minimum Gasteiger partial charge on any atom is -0.478 e. The van der Waals surface area contributed by atoms with E-state index in [9.17, 15) is 14.4 Å². The van der Waals surface area contributed by atoms with Crippen LogP contribution in [0.2, 0.25) is 0 Å². The van der Waals surface area contributed by atoms with Gasteiger partial charge in [-0.15, -0.1) is 0 Å². The number of nitrogens with one attached hydrogen (secondary N) is 1. The molecule has 0 aromatic heterocycles. The lowest BCUT2D eigenvalue weighted by Gasteiger charge is -2.20. The number of benzene rings is 1. The van der Waals surface area contributed by atoms with Gasteiger partial charge in [0.25, 0.3) is 0 Å². The van der Waals surface area contributed by atoms with E-state index in [4.69, 9.17) is 5.11 Å². The third-order valence-electron chi connectivity index (χ3n) is 4.22. The summed E-state index contributed by atoms with van der Waals surface area (Å²) in [6, 6.07) is 6.45. The van der Waals surface area contributed by atoms with E-state index in [2.05, 4.69) is 5.32 Å². The lowest BCUT2D eigenvalue weighted by molar-refractivity contribution is -0.131. The molecular weight excluding hydrogens is 308 g/mol. The number of carboxylic acids is 1. The van der Waals surface area contributed by atoms with Crippen molar-refractivity contribution >= 4 is 17.8 Å². The Bertz CT molecular complexity index is 592. The van der Waals surface area contributed by atoms with Crippen molar-refractivity contribution in [2.24, 2.45) is 0 Å².